The van der Waals surface area contributed by atoms with Crippen LogP contribution < -0.4 is 5.32 Å². The molecule has 88 valence electrons. The molecule has 0 atom stereocenters. The highest BCUT2D eigenvalue weighted by Crippen LogP contribution is 2.05. The van der Waals surface area contributed by atoms with Gasteiger partial charge in [0.15, 0.2) is 0 Å². The van der Waals surface area contributed by atoms with Crippen LogP contribution in [0.25, 0.3) is 0 Å². The normalized spacial score (nSPS) is 10.4. The summed E-state index contributed by atoms with van der Waals surface area (Å²) in [6.07, 6.45) is 0. The third-order valence-corrected chi connectivity index (χ3v) is 2.95. The van der Waals surface area contributed by atoms with Crippen molar-refractivity contribution in [3.8, 4) is 0 Å². The molecule has 0 saturated heterocycles. The summed E-state index contributed by atoms with van der Waals surface area (Å²) in [6, 6.07) is 6.86. The molecule has 0 saturated carbocycles. The summed E-state index contributed by atoms with van der Waals surface area (Å²) in [5.41, 5.74) is 4.20. The van der Waals surface area contributed by atoms with Gasteiger partial charge in [-0.05, 0) is 17.7 Å². The zero-order valence-corrected chi connectivity index (χ0v) is 9.91. The van der Waals surface area contributed by atoms with Gasteiger partial charge in [-0.25, -0.2) is 9.78 Å². The second-order valence-corrected chi connectivity index (χ2v) is 4.30. The first-order chi connectivity index (χ1) is 8.25. The predicted molar refractivity (Wildman–Crippen MR) is 66.1 cm³/mol. The molecule has 0 aliphatic carbocycles. The fourth-order valence-electron chi connectivity index (χ4n) is 1.42. The van der Waals surface area contributed by atoms with E-state index in [-0.39, 0.29) is 0 Å². The van der Waals surface area contributed by atoms with E-state index in [2.05, 4.69) is 10.3 Å². The number of carboxylic acids is 1. The molecule has 0 radical (unpaired) electrons. The lowest BCUT2D eigenvalue weighted by Gasteiger charge is -2.03. The van der Waals surface area contributed by atoms with E-state index in [0.717, 1.165) is 17.8 Å². The largest absolute Gasteiger partial charge is 0.478 e. The third kappa shape index (κ3) is 3.37. The van der Waals surface area contributed by atoms with Gasteiger partial charge in [-0.15, -0.1) is 11.3 Å². The van der Waals surface area contributed by atoms with Gasteiger partial charge >= 0.3 is 5.97 Å². The molecule has 0 bridgehead atoms. The second kappa shape index (κ2) is 5.56. The lowest BCUT2D eigenvalue weighted by Crippen LogP contribution is -2.12. The molecule has 0 fully saturated rings. The number of benzene rings is 1. The molecule has 4 nitrogen and oxygen atoms in total. The molecule has 1 aromatic carbocycles. The van der Waals surface area contributed by atoms with E-state index >= 15 is 0 Å². The zero-order valence-electron chi connectivity index (χ0n) is 9.09. The number of carboxylic acid groups (broad SMARTS) is 1. The summed E-state index contributed by atoms with van der Waals surface area (Å²) in [5.74, 6) is -0.896. The minimum absolute atomic E-state index is 0.313. The smallest absolute Gasteiger partial charge is 0.335 e. The summed E-state index contributed by atoms with van der Waals surface area (Å²) in [5, 5.41) is 14.0. The van der Waals surface area contributed by atoms with Gasteiger partial charge < -0.3 is 10.4 Å². The number of aromatic carboxylic acids is 1. The van der Waals surface area contributed by atoms with Crippen LogP contribution in [-0.4, -0.2) is 16.1 Å². The maximum absolute atomic E-state index is 10.7. The van der Waals surface area contributed by atoms with Gasteiger partial charge in [-0.3, -0.25) is 0 Å². The van der Waals surface area contributed by atoms with Crippen LogP contribution in [0.2, 0.25) is 0 Å². The predicted octanol–water partition coefficient (Wildman–Crippen LogP) is 2.13. The van der Waals surface area contributed by atoms with Crippen LogP contribution >= 0.6 is 11.3 Å². The number of nitrogens with zero attached hydrogens (tertiary/aromatic N) is 1. The van der Waals surface area contributed by atoms with E-state index in [4.69, 9.17) is 5.11 Å². The van der Waals surface area contributed by atoms with Gasteiger partial charge in [0.25, 0.3) is 0 Å². The number of nitrogens with one attached hydrogen (secondary N) is 1. The Morgan fingerprint density at radius 1 is 1.29 bits per heavy atom. The Bertz CT molecular complexity index is 480. The molecule has 2 N–H and O–H groups in total. The number of thiazole rings is 1. The highest BCUT2D eigenvalue weighted by atomic mass is 32.1. The Hall–Kier alpha value is -1.72. The van der Waals surface area contributed by atoms with Crippen LogP contribution in [0.15, 0.2) is 35.2 Å². The van der Waals surface area contributed by atoms with E-state index in [1.165, 1.54) is 0 Å². The van der Waals surface area contributed by atoms with E-state index < -0.39 is 5.97 Å². The number of aromatic nitrogens is 1. The fraction of sp³-hybridized carbons (Fsp3) is 0.167. The van der Waals surface area contributed by atoms with Gasteiger partial charge in [0.05, 0.1) is 16.8 Å². The Balaban J connectivity index is 1.85. The number of hydrogen-bond donors (Lipinski definition) is 2. The van der Waals surface area contributed by atoms with Crippen molar-refractivity contribution in [2.45, 2.75) is 13.1 Å². The summed E-state index contributed by atoms with van der Waals surface area (Å²) < 4.78 is 0. The molecule has 0 spiro atoms. The van der Waals surface area contributed by atoms with Crippen LogP contribution in [0.3, 0.4) is 0 Å². The number of hydrogen-bond acceptors (Lipinski definition) is 4. The minimum Gasteiger partial charge on any atom is -0.478 e. The van der Waals surface area contributed by atoms with Crippen molar-refractivity contribution in [3.63, 3.8) is 0 Å². The SMILES string of the molecule is O=C(O)c1ccc(CNCc2cscn2)cc1. The maximum atomic E-state index is 10.7. The molecule has 0 aliphatic rings. The van der Waals surface area contributed by atoms with Crippen LogP contribution in [0, 0.1) is 0 Å². The summed E-state index contributed by atoms with van der Waals surface area (Å²) in [4.78, 5) is 14.8. The highest BCUT2D eigenvalue weighted by Gasteiger charge is 2.01. The Morgan fingerprint density at radius 3 is 2.65 bits per heavy atom. The van der Waals surface area contributed by atoms with Crippen molar-refractivity contribution >= 4 is 17.3 Å². The minimum atomic E-state index is -0.896. The number of carbonyl (C=O) groups is 1. The zero-order chi connectivity index (χ0) is 12.1. The molecular formula is C12H12N2O2S. The molecular weight excluding hydrogens is 236 g/mol. The van der Waals surface area contributed by atoms with E-state index in [9.17, 15) is 4.79 Å². The maximum Gasteiger partial charge on any atom is 0.335 e. The van der Waals surface area contributed by atoms with Gasteiger partial charge in [-0.2, -0.15) is 0 Å². The van der Waals surface area contributed by atoms with Gasteiger partial charge in [-0.1, -0.05) is 12.1 Å². The lowest BCUT2D eigenvalue weighted by atomic mass is 10.1. The van der Waals surface area contributed by atoms with Gasteiger partial charge in [0.1, 0.15) is 0 Å². The van der Waals surface area contributed by atoms with E-state index in [1.807, 2.05) is 17.5 Å². The molecule has 1 aromatic heterocycles. The highest BCUT2D eigenvalue weighted by molar-refractivity contribution is 7.07. The summed E-state index contributed by atoms with van der Waals surface area (Å²) in [6.45, 7) is 1.43. The van der Waals surface area contributed by atoms with Crippen LogP contribution in [-0.2, 0) is 13.1 Å². The van der Waals surface area contributed by atoms with Crippen molar-refractivity contribution < 1.29 is 9.90 Å². The molecule has 0 amide bonds. The molecule has 2 rings (SSSR count). The second-order valence-electron chi connectivity index (χ2n) is 3.59. The first-order valence-corrected chi connectivity index (χ1v) is 6.10. The summed E-state index contributed by atoms with van der Waals surface area (Å²) >= 11 is 1.57. The van der Waals surface area contributed by atoms with Crippen LogP contribution in [0.5, 0.6) is 0 Å². The molecule has 2 aromatic rings. The Morgan fingerprint density at radius 2 is 2.06 bits per heavy atom. The van der Waals surface area contributed by atoms with Crippen molar-refractivity contribution in [2.75, 3.05) is 0 Å². The molecule has 17 heavy (non-hydrogen) atoms. The average molecular weight is 248 g/mol. The first kappa shape index (κ1) is 11.8. The first-order valence-electron chi connectivity index (χ1n) is 5.16. The third-order valence-electron chi connectivity index (χ3n) is 2.32. The molecule has 0 unspecified atom stereocenters. The van der Waals surface area contributed by atoms with Crippen molar-refractivity contribution in [1.82, 2.24) is 10.3 Å². The topological polar surface area (TPSA) is 62.2 Å². The average Bonchev–Trinajstić information content (AvgIpc) is 2.83. The van der Waals surface area contributed by atoms with E-state index in [1.54, 1.807) is 29.0 Å². The van der Waals surface area contributed by atoms with Crippen LogP contribution in [0.4, 0.5) is 0 Å². The monoisotopic (exact) mass is 248 g/mol. The molecule has 0 aliphatic heterocycles. The van der Waals surface area contributed by atoms with Crippen molar-refractivity contribution in [2.24, 2.45) is 0 Å². The standard InChI is InChI=1S/C12H12N2O2S/c15-12(16)10-3-1-9(2-4-10)5-13-6-11-7-17-8-14-11/h1-4,7-8,13H,5-6H2,(H,15,16). The lowest BCUT2D eigenvalue weighted by molar-refractivity contribution is 0.0697. The molecule has 5 heteroatoms. The number of rotatable bonds is 5. The fourth-order valence-corrected chi connectivity index (χ4v) is 1.98. The van der Waals surface area contributed by atoms with E-state index in [0.29, 0.717) is 12.1 Å². The van der Waals surface area contributed by atoms with Gasteiger partial charge in [0, 0.05) is 18.5 Å². The van der Waals surface area contributed by atoms with Crippen LogP contribution in [0.1, 0.15) is 21.6 Å². The van der Waals surface area contributed by atoms with Crippen molar-refractivity contribution in [1.29, 1.82) is 0 Å². The molecule has 1 heterocycles. The van der Waals surface area contributed by atoms with Crippen molar-refractivity contribution in [3.05, 3.63) is 52.0 Å². The summed E-state index contributed by atoms with van der Waals surface area (Å²) in [7, 11) is 0. The van der Waals surface area contributed by atoms with Gasteiger partial charge in [0.2, 0.25) is 0 Å². The Labute approximate surface area is 103 Å². The Kier molecular flexibility index (Phi) is 3.85. The quantitative estimate of drug-likeness (QED) is 0.851.